The Kier molecular flexibility index (Phi) is 4.18. The molecule has 0 fully saturated rings. The number of Topliss-reactive ketones (excluding diaryl/α,β-unsaturated/α-hetero) is 2. The molecule has 0 saturated heterocycles. The molecule has 80 valence electrons. The smallest absolute Gasteiger partial charge is 0.170 e. The van der Waals surface area contributed by atoms with Crippen LogP contribution in [-0.2, 0) is 9.53 Å². The van der Waals surface area contributed by atoms with Gasteiger partial charge in [-0.1, -0.05) is 24.3 Å². The predicted molar refractivity (Wildman–Crippen MR) is 57.0 cm³/mol. The predicted octanol–water partition coefficient (Wildman–Crippen LogP) is 1.78. The highest BCUT2D eigenvalue weighted by Gasteiger charge is 2.12. The Morgan fingerprint density at radius 2 is 1.93 bits per heavy atom. The highest BCUT2D eigenvalue weighted by Crippen LogP contribution is 2.09. The Hall–Kier alpha value is -1.48. The van der Waals surface area contributed by atoms with E-state index in [2.05, 4.69) is 4.74 Å². The van der Waals surface area contributed by atoms with Crippen LogP contribution in [0.5, 0.6) is 0 Å². The molecule has 3 nitrogen and oxygen atoms in total. The standard InChI is InChI=1S/C12H14O3/c1-9-5-3-4-6-11(9)12(14)7-10(13)8-15-2/h3-6H,7-8H2,1-2H3. The maximum Gasteiger partial charge on any atom is 0.170 e. The summed E-state index contributed by atoms with van der Waals surface area (Å²) in [6, 6.07) is 7.25. The molecule has 0 radical (unpaired) electrons. The summed E-state index contributed by atoms with van der Waals surface area (Å²) in [4.78, 5) is 22.9. The van der Waals surface area contributed by atoms with Gasteiger partial charge in [0.05, 0.1) is 6.42 Å². The minimum absolute atomic E-state index is 0.00236. The second-order valence-electron chi connectivity index (χ2n) is 3.39. The molecule has 0 heterocycles. The normalized spacial score (nSPS) is 10.0. The average Bonchev–Trinajstić information content (AvgIpc) is 2.18. The Morgan fingerprint density at radius 3 is 2.53 bits per heavy atom. The van der Waals surface area contributed by atoms with Crippen LogP contribution in [0.25, 0.3) is 0 Å². The Balaban J connectivity index is 2.70. The molecule has 0 N–H and O–H groups in total. The highest BCUT2D eigenvalue weighted by molar-refractivity contribution is 6.08. The molecule has 15 heavy (non-hydrogen) atoms. The molecule has 1 aromatic rings. The van der Waals surface area contributed by atoms with Crippen LogP contribution in [-0.4, -0.2) is 25.3 Å². The Morgan fingerprint density at radius 1 is 1.27 bits per heavy atom. The summed E-state index contributed by atoms with van der Waals surface area (Å²) in [7, 11) is 1.44. The van der Waals surface area contributed by atoms with E-state index in [9.17, 15) is 9.59 Å². The summed E-state index contributed by atoms with van der Waals surface area (Å²) in [5, 5.41) is 0. The third-order valence-corrected chi connectivity index (χ3v) is 2.11. The molecule has 0 bridgehead atoms. The van der Waals surface area contributed by atoms with Gasteiger partial charge in [-0.25, -0.2) is 0 Å². The van der Waals surface area contributed by atoms with Crippen LogP contribution < -0.4 is 0 Å². The topological polar surface area (TPSA) is 43.4 Å². The van der Waals surface area contributed by atoms with Gasteiger partial charge >= 0.3 is 0 Å². The summed E-state index contributed by atoms with van der Waals surface area (Å²) in [6.45, 7) is 1.85. The van der Waals surface area contributed by atoms with E-state index in [0.717, 1.165) is 5.56 Å². The molecule has 0 aromatic heterocycles. The molecule has 3 heteroatoms. The van der Waals surface area contributed by atoms with E-state index in [0.29, 0.717) is 5.56 Å². The van der Waals surface area contributed by atoms with Crippen molar-refractivity contribution in [3.63, 3.8) is 0 Å². The lowest BCUT2D eigenvalue weighted by molar-refractivity contribution is -0.121. The number of methoxy groups -OCH3 is 1. The van der Waals surface area contributed by atoms with Crippen LogP contribution in [0.2, 0.25) is 0 Å². The summed E-state index contributed by atoms with van der Waals surface area (Å²) < 4.78 is 4.67. The van der Waals surface area contributed by atoms with Crippen molar-refractivity contribution in [1.82, 2.24) is 0 Å². The SMILES string of the molecule is COCC(=O)CC(=O)c1ccccc1C. The van der Waals surface area contributed by atoms with E-state index in [4.69, 9.17) is 0 Å². The van der Waals surface area contributed by atoms with Crippen LogP contribution in [0.3, 0.4) is 0 Å². The summed E-state index contributed by atoms with van der Waals surface area (Å²) >= 11 is 0. The largest absolute Gasteiger partial charge is 0.377 e. The number of carbonyl (C=O) groups is 2. The molecule has 1 rings (SSSR count). The molecule has 0 aliphatic rings. The summed E-state index contributed by atoms with van der Waals surface area (Å²) in [5.41, 5.74) is 1.51. The highest BCUT2D eigenvalue weighted by atomic mass is 16.5. The number of hydrogen-bond acceptors (Lipinski definition) is 3. The molecule has 0 aliphatic heterocycles. The molecule has 0 unspecified atom stereocenters. The maximum absolute atomic E-state index is 11.7. The van der Waals surface area contributed by atoms with Gasteiger partial charge in [-0.2, -0.15) is 0 Å². The van der Waals surface area contributed by atoms with E-state index in [1.165, 1.54) is 7.11 Å². The van der Waals surface area contributed by atoms with Gasteiger partial charge in [-0.05, 0) is 12.5 Å². The molecular weight excluding hydrogens is 192 g/mol. The minimum Gasteiger partial charge on any atom is -0.377 e. The quantitative estimate of drug-likeness (QED) is 0.545. The van der Waals surface area contributed by atoms with Crippen molar-refractivity contribution in [3.8, 4) is 0 Å². The fourth-order valence-electron chi connectivity index (χ4n) is 1.37. The van der Waals surface area contributed by atoms with Crippen molar-refractivity contribution < 1.29 is 14.3 Å². The lowest BCUT2D eigenvalue weighted by atomic mass is 10.0. The molecular formula is C12H14O3. The molecule has 0 spiro atoms. The molecule has 0 saturated carbocycles. The molecule has 0 amide bonds. The molecule has 0 atom stereocenters. The number of ketones is 2. The van der Waals surface area contributed by atoms with Crippen LogP contribution in [0.1, 0.15) is 22.3 Å². The van der Waals surface area contributed by atoms with Crippen molar-refractivity contribution in [3.05, 3.63) is 35.4 Å². The second kappa shape index (κ2) is 5.41. The zero-order valence-electron chi connectivity index (χ0n) is 8.95. The van der Waals surface area contributed by atoms with Crippen molar-refractivity contribution in [2.75, 3.05) is 13.7 Å². The third kappa shape index (κ3) is 3.29. The molecule has 1 aromatic carbocycles. The van der Waals surface area contributed by atoms with Crippen LogP contribution >= 0.6 is 0 Å². The van der Waals surface area contributed by atoms with Gasteiger partial charge in [0.15, 0.2) is 11.6 Å². The lowest BCUT2D eigenvalue weighted by Gasteiger charge is -2.03. The van der Waals surface area contributed by atoms with Crippen molar-refractivity contribution in [2.24, 2.45) is 0 Å². The summed E-state index contributed by atoms with van der Waals surface area (Å²) in [6.07, 6.45) is -0.0846. The van der Waals surface area contributed by atoms with Crippen molar-refractivity contribution >= 4 is 11.6 Å². The van der Waals surface area contributed by atoms with E-state index >= 15 is 0 Å². The molecule has 0 aliphatic carbocycles. The number of carbonyl (C=O) groups excluding carboxylic acids is 2. The minimum atomic E-state index is -0.189. The van der Waals surface area contributed by atoms with Crippen LogP contribution in [0.4, 0.5) is 0 Å². The second-order valence-corrected chi connectivity index (χ2v) is 3.39. The zero-order valence-corrected chi connectivity index (χ0v) is 8.95. The first-order valence-corrected chi connectivity index (χ1v) is 4.74. The number of benzene rings is 1. The van der Waals surface area contributed by atoms with Gasteiger partial charge in [0.1, 0.15) is 6.61 Å². The summed E-state index contributed by atoms with van der Waals surface area (Å²) in [5.74, 6) is -0.332. The van der Waals surface area contributed by atoms with E-state index in [1.54, 1.807) is 12.1 Å². The first-order valence-electron chi connectivity index (χ1n) is 4.74. The van der Waals surface area contributed by atoms with Gasteiger partial charge in [-0.15, -0.1) is 0 Å². The van der Waals surface area contributed by atoms with Crippen molar-refractivity contribution in [2.45, 2.75) is 13.3 Å². The first-order chi connectivity index (χ1) is 7.15. The van der Waals surface area contributed by atoms with Gasteiger partial charge in [0.25, 0.3) is 0 Å². The third-order valence-electron chi connectivity index (χ3n) is 2.11. The monoisotopic (exact) mass is 206 g/mol. The van der Waals surface area contributed by atoms with E-state index in [-0.39, 0.29) is 24.6 Å². The lowest BCUT2D eigenvalue weighted by Crippen LogP contribution is -2.13. The Bertz CT molecular complexity index is 369. The first kappa shape index (κ1) is 11.6. The number of ether oxygens (including phenoxy) is 1. The average molecular weight is 206 g/mol. The fourth-order valence-corrected chi connectivity index (χ4v) is 1.37. The maximum atomic E-state index is 11.7. The number of aryl methyl sites for hydroxylation is 1. The van der Waals surface area contributed by atoms with Gasteiger partial charge in [-0.3, -0.25) is 9.59 Å². The van der Waals surface area contributed by atoms with Gasteiger partial charge in [0.2, 0.25) is 0 Å². The zero-order chi connectivity index (χ0) is 11.3. The van der Waals surface area contributed by atoms with E-state index < -0.39 is 0 Å². The van der Waals surface area contributed by atoms with Crippen LogP contribution in [0.15, 0.2) is 24.3 Å². The Labute approximate surface area is 89.1 Å². The van der Waals surface area contributed by atoms with E-state index in [1.807, 2.05) is 19.1 Å². The fraction of sp³-hybridized carbons (Fsp3) is 0.333. The number of rotatable bonds is 5. The number of hydrogen-bond donors (Lipinski definition) is 0. The van der Waals surface area contributed by atoms with Crippen LogP contribution in [0, 0.1) is 6.92 Å². The van der Waals surface area contributed by atoms with Gasteiger partial charge < -0.3 is 4.74 Å². The van der Waals surface area contributed by atoms with Gasteiger partial charge in [0, 0.05) is 12.7 Å². The van der Waals surface area contributed by atoms with Crippen molar-refractivity contribution in [1.29, 1.82) is 0 Å².